The van der Waals surface area contributed by atoms with Crippen LogP contribution >= 0.6 is 11.3 Å². The van der Waals surface area contributed by atoms with E-state index in [-0.39, 0.29) is 31.4 Å². The summed E-state index contributed by atoms with van der Waals surface area (Å²) in [5.74, 6) is -1.83. The van der Waals surface area contributed by atoms with Gasteiger partial charge in [0.25, 0.3) is 0 Å². The number of nitrogens with zero attached hydrogens (tertiary/aromatic N) is 3. The van der Waals surface area contributed by atoms with Crippen LogP contribution in [0.3, 0.4) is 0 Å². The van der Waals surface area contributed by atoms with Crippen molar-refractivity contribution in [1.82, 2.24) is 25.5 Å². The minimum atomic E-state index is -1.42. The van der Waals surface area contributed by atoms with Crippen LogP contribution in [0, 0.1) is 5.92 Å². The SMILES string of the molecule is O=C(N[C@H]1CCCCC/C=C\C2C[C@@]2(C(=O)O)NC(=O)[C@@H]2C[C@@H](Oc3cc(-c4ccccn4)nc4ccsc34)CN2C1=O)OC1CCCC1. The molecule has 49 heavy (non-hydrogen) atoms. The van der Waals surface area contributed by atoms with Gasteiger partial charge in [-0.3, -0.25) is 14.6 Å². The molecule has 0 spiro atoms. The number of pyridine rings is 2. The molecule has 0 bridgehead atoms. The zero-order valence-corrected chi connectivity index (χ0v) is 28.0. The van der Waals surface area contributed by atoms with Gasteiger partial charge in [-0.25, -0.2) is 14.6 Å². The van der Waals surface area contributed by atoms with Crippen LogP contribution in [-0.4, -0.2) is 80.2 Å². The number of hydrogen-bond acceptors (Lipinski definition) is 9. The Morgan fingerprint density at radius 1 is 1.04 bits per heavy atom. The molecule has 3 aromatic heterocycles. The van der Waals surface area contributed by atoms with Crippen molar-refractivity contribution < 1.29 is 33.8 Å². The smallest absolute Gasteiger partial charge is 0.408 e. The van der Waals surface area contributed by atoms with Gasteiger partial charge < -0.3 is 30.1 Å². The van der Waals surface area contributed by atoms with E-state index in [1.165, 1.54) is 16.2 Å². The molecule has 3 aromatic rings. The summed E-state index contributed by atoms with van der Waals surface area (Å²) in [5, 5.41) is 17.7. The van der Waals surface area contributed by atoms with E-state index in [4.69, 9.17) is 14.5 Å². The Morgan fingerprint density at radius 3 is 2.67 bits per heavy atom. The molecule has 5 atom stereocenters. The van der Waals surface area contributed by atoms with Crippen molar-refractivity contribution in [1.29, 1.82) is 0 Å². The number of alkyl carbamates (subject to hydrolysis) is 1. The summed E-state index contributed by atoms with van der Waals surface area (Å²) in [5.41, 5.74) is 0.630. The van der Waals surface area contributed by atoms with Gasteiger partial charge in [0.05, 0.1) is 28.1 Å². The van der Waals surface area contributed by atoms with Crippen LogP contribution in [0.25, 0.3) is 21.6 Å². The number of amides is 3. The van der Waals surface area contributed by atoms with Crippen LogP contribution in [0.4, 0.5) is 4.79 Å². The van der Waals surface area contributed by atoms with E-state index in [2.05, 4.69) is 15.6 Å². The summed E-state index contributed by atoms with van der Waals surface area (Å²) in [4.78, 5) is 64.5. The lowest BCUT2D eigenvalue weighted by Crippen LogP contribution is -2.56. The minimum absolute atomic E-state index is 0.0737. The van der Waals surface area contributed by atoms with Crippen LogP contribution < -0.4 is 15.4 Å². The van der Waals surface area contributed by atoms with Crippen LogP contribution in [0.1, 0.15) is 70.6 Å². The van der Waals surface area contributed by atoms with E-state index in [0.29, 0.717) is 30.0 Å². The fraction of sp³-hybridized carbons (Fsp3) is 0.500. The first kappa shape index (κ1) is 33.0. The Labute approximate surface area is 288 Å². The van der Waals surface area contributed by atoms with E-state index in [1.807, 2.05) is 47.9 Å². The fourth-order valence-corrected chi connectivity index (χ4v) is 8.11. The maximum Gasteiger partial charge on any atom is 0.408 e. The molecule has 2 saturated carbocycles. The summed E-state index contributed by atoms with van der Waals surface area (Å²) in [6, 6.07) is 7.39. The van der Waals surface area contributed by atoms with Gasteiger partial charge in [0, 0.05) is 24.6 Å². The van der Waals surface area contributed by atoms with Crippen LogP contribution in [-0.2, 0) is 19.1 Å². The number of aliphatic carboxylic acids is 1. The van der Waals surface area contributed by atoms with E-state index < -0.39 is 47.6 Å². The number of carboxylic acid groups (broad SMARTS) is 1. The van der Waals surface area contributed by atoms with Crippen molar-refractivity contribution >= 4 is 45.4 Å². The van der Waals surface area contributed by atoms with Gasteiger partial charge in [0.2, 0.25) is 11.8 Å². The third kappa shape index (κ3) is 7.12. The second kappa shape index (κ2) is 14.1. The number of ether oxygens (including phenoxy) is 2. The highest BCUT2D eigenvalue weighted by molar-refractivity contribution is 7.17. The highest BCUT2D eigenvalue weighted by Crippen LogP contribution is 2.45. The lowest BCUT2D eigenvalue weighted by atomic mass is 10.0. The predicted octanol–water partition coefficient (Wildman–Crippen LogP) is 5.22. The molecule has 3 fully saturated rings. The predicted molar refractivity (Wildman–Crippen MR) is 182 cm³/mol. The maximum atomic E-state index is 14.4. The maximum absolute atomic E-state index is 14.4. The number of carboxylic acids is 1. The van der Waals surface area contributed by atoms with Crippen LogP contribution in [0.2, 0.25) is 0 Å². The fourth-order valence-electron chi connectivity index (χ4n) is 7.32. The Morgan fingerprint density at radius 2 is 1.88 bits per heavy atom. The summed E-state index contributed by atoms with van der Waals surface area (Å²) in [6.45, 7) is 0.0737. The molecular weight excluding hydrogens is 646 g/mol. The number of allylic oxidation sites excluding steroid dienone is 1. The van der Waals surface area contributed by atoms with Gasteiger partial charge in [-0.15, -0.1) is 11.3 Å². The summed E-state index contributed by atoms with van der Waals surface area (Å²) in [7, 11) is 0. The molecule has 13 heteroatoms. The minimum Gasteiger partial charge on any atom is -0.487 e. The first-order valence-corrected chi connectivity index (χ1v) is 18.1. The van der Waals surface area contributed by atoms with Crippen molar-refractivity contribution in [3.05, 3.63) is 54.1 Å². The number of fused-ring (bicyclic) bond motifs is 3. The molecule has 0 radical (unpaired) electrons. The zero-order chi connectivity index (χ0) is 34.0. The zero-order valence-electron chi connectivity index (χ0n) is 27.2. The van der Waals surface area contributed by atoms with Crippen molar-refractivity contribution in [2.45, 2.75) is 100 Å². The number of rotatable bonds is 6. The summed E-state index contributed by atoms with van der Waals surface area (Å²) >= 11 is 1.48. The topological polar surface area (TPSA) is 160 Å². The lowest BCUT2D eigenvalue weighted by molar-refractivity contribution is -0.145. The molecule has 4 aliphatic rings. The first-order valence-electron chi connectivity index (χ1n) is 17.3. The van der Waals surface area contributed by atoms with Gasteiger partial charge in [0.15, 0.2) is 0 Å². The van der Waals surface area contributed by atoms with Crippen molar-refractivity contribution in [2.75, 3.05) is 6.54 Å². The molecule has 3 N–H and O–H groups in total. The quantitative estimate of drug-likeness (QED) is 0.295. The van der Waals surface area contributed by atoms with E-state index >= 15 is 0 Å². The third-order valence-electron chi connectivity index (χ3n) is 10.1. The molecule has 258 valence electrons. The van der Waals surface area contributed by atoms with Crippen LogP contribution in [0.15, 0.2) is 54.1 Å². The average Bonchev–Trinajstić information content (AvgIpc) is 3.54. The van der Waals surface area contributed by atoms with Crippen molar-refractivity contribution in [3.63, 3.8) is 0 Å². The second-order valence-electron chi connectivity index (χ2n) is 13.5. The number of carbonyl (C=O) groups excluding carboxylic acids is 3. The molecule has 1 saturated heterocycles. The largest absolute Gasteiger partial charge is 0.487 e. The summed E-state index contributed by atoms with van der Waals surface area (Å²) < 4.78 is 13.1. The van der Waals surface area contributed by atoms with Gasteiger partial charge in [-0.1, -0.05) is 31.1 Å². The number of carbonyl (C=O) groups is 4. The number of nitrogens with one attached hydrogen (secondary N) is 2. The summed E-state index contributed by atoms with van der Waals surface area (Å²) in [6.07, 6.45) is 11.7. The van der Waals surface area contributed by atoms with E-state index in [0.717, 1.165) is 55.2 Å². The van der Waals surface area contributed by atoms with E-state index in [1.54, 1.807) is 6.20 Å². The lowest BCUT2D eigenvalue weighted by Gasteiger charge is -2.29. The third-order valence-corrected chi connectivity index (χ3v) is 11.0. The Bertz CT molecular complexity index is 1740. The van der Waals surface area contributed by atoms with Gasteiger partial charge in [-0.05, 0) is 74.9 Å². The number of aromatic nitrogens is 2. The highest BCUT2D eigenvalue weighted by Gasteiger charge is 2.61. The molecule has 5 heterocycles. The number of thiophene rings is 1. The normalized spacial score (nSPS) is 28.4. The van der Waals surface area contributed by atoms with Gasteiger partial charge in [0.1, 0.15) is 35.6 Å². The molecule has 2 aliphatic heterocycles. The Hall–Kier alpha value is -4.52. The average molecular weight is 688 g/mol. The molecular formula is C36H41N5O7S. The molecule has 12 nitrogen and oxygen atoms in total. The molecule has 3 amide bonds. The monoisotopic (exact) mass is 687 g/mol. The van der Waals surface area contributed by atoms with Crippen molar-refractivity contribution in [3.8, 4) is 17.1 Å². The van der Waals surface area contributed by atoms with Crippen molar-refractivity contribution in [2.24, 2.45) is 5.92 Å². The Kier molecular flexibility index (Phi) is 9.53. The van der Waals surface area contributed by atoms with Gasteiger partial charge >= 0.3 is 12.1 Å². The first-order chi connectivity index (χ1) is 23.8. The second-order valence-corrected chi connectivity index (χ2v) is 14.4. The molecule has 2 aliphatic carbocycles. The highest BCUT2D eigenvalue weighted by atomic mass is 32.1. The molecule has 7 rings (SSSR count). The molecule has 1 unspecified atom stereocenters. The number of hydrogen-bond donors (Lipinski definition) is 3. The van der Waals surface area contributed by atoms with E-state index in [9.17, 15) is 24.3 Å². The Balaban J connectivity index is 1.18. The van der Waals surface area contributed by atoms with Gasteiger partial charge in [-0.2, -0.15) is 0 Å². The molecule has 0 aromatic carbocycles. The van der Waals surface area contributed by atoms with Crippen LogP contribution in [0.5, 0.6) is 5.75 Å². The standard InChI is InChI=1S/C36H41N5O7S/c42-32-29-18-24(47-30-19-28(25-13-8-9-16-37-25)38-26-15-17-49-31(26)30)21-41(29)33(43)27(39-35(46)48-23-11-6-7-12-23)14-5-3-1-2-4-10-22-20-36(22,40-32)34(44)45/h4,8-10,13,15-17,19,22-24,27,29H,1-3,5-7,11-12,14,18,20-21H2,(H,39,46)(H,40,42)(H,44,45)/b10-4-/t22?,24-,27+,29+,36-/m1/s1.